The Kier molecular flexibility index (Phi) is 7.55. The molecule has 0 aromatic heterocycles. The monoisotopic (exact) mass is 372 g/mol. The number of aliphatic hydroxyl groups is 3. The molecule has 0 saturated carbocycles. The number of hydrogen-bond donors (Lipinski definition) is 3. The second-order valence-electron chi connectivity index (χ2n) is 5.83. The lowest BCUT2D eigenvalue weighted by atomic mass is 9.99. The lowest BCUT2D eigenvalue weighted by Crippen LogP contribution is -2.60. The highest BCUT2D eigenvalue weighted by Crippen LogP contribution is 2.25. The van der Waals surface area contributed by atoms with Crippen molar-refractivity contribution in [2.24, 2.45) is 0 Å². The van der Waals surface area contributed by atoms with E-state index < -0.39 is 37.3 Å². The van der Waals surface area contributed by atoms with E-state index in [1.165, 1.54) is 0 Å². The number of rotatable bonds is 6. The second kappa shape index (κ2) is 9.42. The molecule has 1 aromatic carbocycles. The van der Waals surface area contributed by atoms with Gasteiger partial charge in [0.15, 0.2) is 12.4 Å². The molecule has 1 fully saturated rings. The molecule has 1 aromatic rings. The maximum absolute atomic E-state index is 10.4. The van der Waals surface area contributed by atoms with Gasteiger partial charge in [-0.2, -0.15) is 0 Å². The molecule has 8 heteroatoms. The highest BCUT2D eigenvalue weighted by atomic mass is 32.1. The lowest BCUT2D eigenvalue weighted by molar-refractivity contribution is -0.299. The summed E-state index contributed by atoms with van der Waals surface area (Å²) in [7, 11) is 0. The number of ether oxygens (including phenoxy) is 4. The SMILES string of the molecule is CCCO[C@H]1O[C@H](CO)[C@H](O)[C@H](OC(=S)Oc2ccc(C)cc2)[C@H]1O. The van der Waals surface area contributed by atoms with Gasteiger partial charge in [0.1, 0.15) is 24.1 Å². The van der Waals surface area contributed by atoms with Crippen LogP contribution in [0, 0.1) is 6.92 Å². The smallest absolute Gasteiger partial charge is 0.358 e. The van der Waals surface area contributed by atoms with Crippen LogP contribution in [0.2, 0.25) is 0 Å². The van der Waals surface area contributed by atoms with Crippen LogP contribution in [-0.2, 0) is 14.2 Å². The van der Waals surface area contributed by atoms with Crippen LogP contribution in [-0.4, -0.2) is 64.5 Å². The Morgan fingerprint density at radius 1 is 1.20 bits per heavy atom. The summed E-state index contributed by atoms with van der Waals surface area (Å²) in [4.78, 5) is 0. The topological polar surface area (TPSA) is 97.6 Å². The molecule has 0 unspecified atom stereocenters. The third kappa shape index (κ3) is 5.34. The Labute approximate surface area is 152 Å². The van der Waals surface area contributed by atoms with Crippen LogP contribution in [0.4, 0.5) is 0 Å². The highest BCUT2D eigenvalue weighted by Gasteiger charge is 2.47. The molecular formula is C17H24O7S. The van der Waals surface area contributed by atoms with Gasteiger partial charge in [-0.1, -0.05) is 24.6 Å². The maximum Gasteiger partial charge on any atom is 0.358 e. The first-order chi connectivity index (χ1) is 12.0. The van der Waals surface area contributed by atoms with E-state index in [2.05, 4.69) is 0 Å². The largest absolute Gasteiger partial charge is 0.447 e. The van der Waals surface area contributed by atoms with Crippen LogP contribution in [0.15, 0.2) is 24.3 Å². The zero-order valence-corrected chi connectivity index (χ0v) is 15.0. The molecule has 0 radical (unpaired) electrons. The van der Waals surface area contributed by atoms with Crippen LogP contribution < -0.4 is 4.74 Å². The third-order valence-corrected chi connectivity index (χ3v) is 3.94. The van der Waals surface area contributed by atoms with Crippen molar-refractivity contribution < 1.29 is 34.3 Å². The number of aryl methyl sites for hydroxylation is 1. The Balaban J connectivity index is 2.02. The van der Waals surface area contributed by atoms with Gasteiger partial charge in [0, 0.05) is 18.8 Å². The van der Waals surface area contributed by atoms with E-state index in [1.54, 1.807) is 12.1 Å². The predicted molar refractivity (Wildman–Crippen MR) is 93.3 cm³/mol. The molecule has 0 bridgehead atoms. The Bertz CT molecular complexity index is 550. The van der Waals surface area contributed by atoms with Crippen molar-refractivity contribution in [1.82, 2.24) is 0 Å². The number of thiocarbonyl (C=S) groups is 1. The van der Waals surface area contributed by atoms with E-state index >= 15 is 0 Å². The minimum atomic E-state index is -1.29. The molecular weight excluding hydrogens is 348 g/mol. The zero-order valence-electron chi connectivity index (χ0n) is 14.2. The summed E-state index contributed by atoms with van der Waals surface area (Å²) in [5, 5.41) is 29.7. The summed E-state index contributed by atoms with van der Waals surface area (Å²) in [6, 6.07) is 7.16. The Morgan fingerprint density at radius 3 is 2.48 bits per heavy atom. The average molecular weight is 372 g/mol. The first-order valence-corrected chi connectivity index (χ1v) is 8.56. The number of aliphatic hydroxyl groups excluding tert-OH is 3. The van der Waals surface area contributed by atoms with Gasteiger partial charge in [0.25, 0.3) is 0 Å². The van der Waals surface area contributed by atoms with Gasteiger partial charge in [0.05, 0.1) is 6.61 Å². The van der Waals surface area contributed by atoms with Crippen molar-refractivity contribution in [2.75, 3.05) is 13.2 Å². The molecule has 5 atom stereocenters. The van der Waals surface area contributed by atoms with Gasteiger partial charge < -0.3 is 34.3 Å². The van der Waals surface area contributed by atoms with Crippen molar-refractivity contribution in [3.8, 4) is 5.75 Å². The van der Waals surface area contributed by atoms with Crippen molar-refractivity contribution in [3.63, 3.8) is 0 Å². The molecule has 0 aliphatic carbocycles. The first kappa shape index (κ1) is 20.0. The average Bonchev–Trinajstić information content (AvgIpc) is 2.60. The molecule has 25 heavy (non-hydrogen) atoms. The van der Waals surface area contributed by atoms with E-state index in [-0.39, 0.29) is 5.24 Å². The van der Waals surface area contributed by atoms with Crippen LogP contribution >= 0.6 is 12.2 Å². The van der Waals surface area contributed by atoms with Gasteiger partial charge in [-0.25, -0.2) is 0 Å². The zero-order chi connectivity index (χ0) is 18.4. The highest BCUT2D eigenvalue weighted by molar-refractivity contribution is 7.79. The number of benzene rings is 1. The van der Waals surface area contributed by atoms with E-state index in [1.807, 2.05) is 26.0 Å². The molecule has 0 amide bonds. The molecule has 3 N–H and O–H groups in total. The summed E-state index contributed by atoms with van der Waals surface area (Å²) in [6.45, 7) is 3.75. The Hall–Kier alpha value is -1.29. The molecule has 7 nitrogen and oxygen atoms in total. The fourth-order valence-corrected chi connectivity index (χ4v) is 2.61. The summed E-state index contributed by atoms with van der Waals surface area (Å²) in [6.07, 6.45) is -5.00. The molecule has 2 rings (SSSR count). The standard InChI is InChI=1S/C17H24O7S/c1-3-8-21-16-14(20)15(13(19)12(9-18)23-16)24-17(25)22-11-6-4-10(2)5-7-11/h4-7,12-16,18-20H,3,8-9H2,1-2H3/t12-,13+,14-,15+,16+/m1/s1. The molecule has 1 heterocycles. The predicted octanol–water partition coefficient (Wildman–Crippen LogP) is 0.910. The van der Waals surface area contributed by atoms with Crippen molar-refractivity contribution in [2.45, 2.75) is 51.0 Å². The van der Waals surface area contributed by atoms with E-state index in [4.69, 9.17) is 31.2 Å². The Morgan fingerprint density at radius 2 is 1.88 bits per heavy atom. The van der Waals surface area contributed by atoms with Crippen LogP contribution in [0.1, 0.15) is 18.9 Å². The molecule has 140 valence electrons. The minimum absolute atomic E-state index is 0.250. The summed E-state index contributed by atoms with van der Waals surface area (Å²) in [5.41, 5.74) is 1.07. The van der Waals surface area contributed by atoms with Gasteiger partial charge in [0.2, 0.25) is 0 Å². The van der Waals surface area contributed by atoms with E-state index in [0.29, 0.717) is 12.4 Å². The quantitative estimate of drug-likeness (QED) is 0.634. The normalized spacial score (nSPS) is 29.2. The van der Waals surface area contributed by atoms with Gasteiger partial charge >= 0.3 is 5.24 Å². The lowest BCUT2D eigenvalue weighted by Gasteiger charge is -2.41. The van der Waals surface area contributed by atoms with E-state index in [0.717, 1.165) is 12.0 Å². The van der Waals surface area contributed by atoms with Gasteiger partial charge in [-0.05, 0) is 25.5 Å². The fourth-order valence-electron chi connectivity index (χ4n) is 2.40. The van der Waals surface area contributed by atoms with Crippen LogP contribution in [0.3, 0.4) is 0 Å². The molecule has 1 saturated heterocycles. The fraction of sp³-hybridized carbons (Fsp3) is 0.588. The summed E-state index contributed by atoms with van der Waals surface area (Å²) in [5.74, 6) is 0.476. The molecule has 0 spiro atoms. The van der Waals surface area contributed by atoms with Crippen LogP contribution in [0.5, 0.6) is 5.75 Å². The van der Waals surface area contributed by atoms with Crippen molar-refractivity contribution in [3.05, 3.63) is 29.8 Å². The summed E-state index contributed by atoms with van der Waals surface area (Å²) < 4.78 is 21.6. The second-order valence-corrected chi connectivity index (χ2v) is 6.16. The molecule has 1 aliphatic heterocycles. The maximum atomic E-state index is 10.4. The van der Waals surface area contributed by atoms with Crippen molar-refractivity contribution in [1.29, 1.82) is 0 Å². The van der Waals surface area contributed by atoms with Gasteiger partial charge in [-0.15, -0.1) is 0 Å². The first-order valence-electron chi connectivity index (χ1n) is 8.15. The van der Waals surface area contributed by atoms with E-state index in [9.17, 15) is 15.3 Å². The minimum Gasteiger partial charge on any atom is -0.447 e. The number of hydrogen-bond acceptors (Lipinski definition) is 8. The third-order valence-electron chi connectivity index (χ3n) is 3.76. The van der Waals surface area contributed by atoms with Crippen LogP contribution in [0.25, 0.3) is 0 Å². The van der Waals surface area contributed by atoms with Gasteiger partial charge in [-0.3, -0.25) is 0 Å². The molecule has 1 aliphatic rings. The summed E-state index contributed by atoms with van der Waals surface area (Å²) >= 11 is 5.05. The van der Waals surface area contributed by atoms with Crippen molar-refractivity contribution >= 4 is 17.5 Å².